The fourth-order valence-corrected chi connectivity index (χ4v) is 2.32. The van der Waals surface area contributed by atoms with Gasteiger partial charge in [-0.2, -0.15) is 0 Å². The second kappa shape index (κ2) is 6.24. The predicted octanol–water partition coefficient (Wildman–Crippen LogP) is 1.76. The number of ketones is 1. The van der Waals surface area contributed by atoms with Gasteiger partial charge in [-0.15, -0.1) is 0 Å². The van der Waals surface area contributed by atoms with E-state index >= 15 is 0 Å². The third-order valence-electron chi connectivity index (χ3n) is 3.30. The Balaban J connectivity index is 2.77. The van der Waals surface area contributed by atoms with Gasteiger partial charge in [0.05, 0.1) is 7.11 Å². The van der Waals surface area contributed by atoms with Crippen molar-refractivity contribution in [1.82, 2.24) is 4.90 Å². The van der Waals surface area contributed by atoms with Crippen LogP contribution < -0.4 is 0 Å². The number of hydrogen-bond acceptors (Lipinski definition) is 5. The summed E-state index contributed by atoms with van der Waals surface area (Å²) in [6.07, 6.45) is 1.04. The number of esters is 1. The molecule has 0 N–H and O–H groups in total. The minimum absolute atomic E-state index is 0.309. The first-order chi connectivity index (χ1) is 9.17. The van der Waals surface area contributed by atoms with Crippen LogP contribution in [0.1, 0.15) is 40.5 Å². The van der Waals surface area contributed by atoms with Gasteiger partial charge in [0.25, 0.3) is 0 Å². The van der Waals surface area contributed by atoms with Crippen molar-refractivity contribution >= 4 is 17.8 Å². The van der Waals surface area contributed by atoms with Gasteiger partial charge < -0.3 is 14.4 Å². The van der Waals surface area contributed by atoms with E-state index in [0.29, 0.717) is 13.0 Å². The highest BCUT2D eigenvalue weighted by Gasteiger charge is 2.39. The molecule has 0 aromatic rings. The minimum atomic E-state index is -0.867. The molecule has 0 saturated carbocycles. The molecular weight excluding hydrogens is 262 g/mol. The fraction of sp³-hybridized carbons (Fsp3) is 0.786. The van der Waals surface area contributed by atoms with E-state index in [2.05, 4.69) is 4.74 Å². The molecule has 0 radical (unpaired) electrons. The molecule has 1 amide bonds. The molecule has 0 aromatic heterocycles. The van der Waals surface area contributed by atoms with Gasteiger partial charge in [-0.05, 0) is 33.6 Å². The Hall–Kier alpha value is -1.59. The third kappa shape index (κ3) is 3.95. The van der Waals surface area contributed by atoms with Crippen molar-refractivity contribution in [2.45, 2.75) is 52.2 Å². The molecule has 6 nitrogen and oxygen atoms in total. The molecule has 2 unspecified atom stereocenters. The average molecular weight is 285 g/mol. The number of Topliss-reactive ketones (excluding diaryl/α,β-unsaturated/α-hetero) is 1. The first-order valence-electron chi connectivity index (χ1n) is 6.79. The van der Waals surface area contributed by atoms with Gasteiger partial charge in [-0.25, -0.2) is 9.59 Å². The molecule has 6 heteroatoms. The zero-order chi connectivity index (χ0) is 15.5. The van der Waals surface area contributed by atoms with Crippen LogP contribution in [0, 0.1) is 5.92 Å². The van der Waals surface area contributed by atoms with Crippen LogP contribution in [-0.2, 0) is 19.1 Å². The van der Waals surface area contributed by atoms with Crippen LogP contribution in [0.2, 0.25) is 0 Å². The van der Waals surface area contributed by atoms with Gasteiger partial charge >= 0.3 is 12.1 Å². The summed E-state index contributed by atoms with van der Waals surface area (Å²) in [5.74, 6) is -2.06. The van der Waals surface area contributed by atoms with E-state index in [1.165, 1.54) is 12.0 Å². The summed E-state index contributed by atoms with van der Waals surface area (Å²) in [7, 11) is 1.17. The van der Waals surface area contributed by atoms with E-state index in [1.54, 1.807) is 27.7 Å². The maximum atomic E-state index is 12.1. The topological polar surface area (TPSA) is 72.9 Å². The highest BCUT2D eigenvalue weighted by Crippen LogP contribution is 2.26. The Bertz CT molecular complexity index is 399. The monoisotopic (exact) mass is 285 g/mol. The van der Waals surface area contributed by atoms with Crippen molar-refractivity contribution in [2.24, 2.45) is 5.92 Å². The fourth-order valence-electron chi connectivity index (χ4n) is 2.32. The first kappa shape index (κ1) is 16.5. The van der Waals surface area contributed by atoms with E-state index in [-0.39, 0.29) is 6.04 Å². The van der Waals surface area contributed by atoms with E-state index < -0.39 is 29.4 Å². The summed E-state index contributed by atoms with van der Waals surface area (Å²) in [5, 5.41) is 0. The Morgan fingerprint density at radius 1 is 1.25 bits per heavy atom. The lowest BCUT2D eigenvalue weighted by atomic mass is 9.95. The lowest BCUT2D eigenvalue weighted by molar-refractivity contribution is -0.154. The molecule has 2 atom stereocenters. The van der Waals surface area contributed by atoms with Crippen molar-refractivity contribution in [2.75, 3.05) is 13.7 Å². The molecule has 1 aliphatic heterocycles. The zero-order valence-corrected chi connectivity index (χ0v) is 12.8. The van der Waals surface area contributed by atoms with Crippen LogP contribution in [-0.4, -0.2) is 48.0 Å². The number of methoxy groups -OCH3 is 1. The number of hydrogen-bond donors (Lipinski definition) is 0. The lowest BCUT2D eigenvalue weighted by Gasteiger charge is -2.30. The first-order valence-corrected chi connectivity index (χ1v) is 6.79. The SMILES string of the molecule is COC(=O)C(=O)C(C)C1CCCN1C(=O)OC(C)(C)C. The molecule has 1 saturated heterocycles. The second-order valence-electron chi connectivity index (χ2n) is 6.03. The van der Waals surface area contributed by atoms with E-state index in [4.69, 9.17) is 4.74 Å². The Morgan fingerprint density at radius 2 is 1.85 bits per heavy atom. The van der Waals surface area contributed by atoms with Gasteiger partial charge in [-0.1, -0.05) is 6.92 Å². The molecule has 0 bridgehead atoms. The van der Waals surface area contributed by atoms with Crippen LogP contribution >= 0.6 is 0 Å². The highest BCUT2D eigenvalue weighted by molar-refractivity contribution is 6.34. The number of amides is 1. The molecule has 1 rings (SSSR count). The van der Waals surface area contributed by atoms with Crippen molar-refractivity contribution < 1.29 is 23.9 Å². The Morgan fingerprint density at radius 3 is 2.35 bits per heavy atom. The second-order valence-corrected chi connectivity index (χ2v) is 6.03. The highest BCUT2D eigenvalue weighted by atomic mass is 16.6. The van der Waals surface area contributed by atoms with Gasteiger partial charge in [0, 0.05) is 18.5 Å². The summed E-state index contributed by atoms with van der Waals surface area (Å²) < 4.78 is 9.77. The molecule has 0 spiro atoms. The van der Waals surface area contributed by atoms with Crippen LogP contribution in [0.4, 0.5) is 4.79 Å². The maximum absolute atomic E-state index is 12.1. The largest absolute Gasteiger partial charge is 0.463 e. The molecule has 0 aliphatic carbocycles. The van der Waals surface area contributed by atoms with Crippen molar-refractivity contribution in [3.05, 3.63) is 0 Å². The average Bonchev–Trinajstić information content (AvgIpc) is 2.83. The molecule has 114 valence electrons. The van der Waals surface area contributed by atoms with E-state index in [1.807, 2.05) is 0 Å². The third-order valence-corrected chi connectivity index (χ3v) is 3.30. The zero-order valence-electron chi connectivity index (χ0n) is 12.8. The van der Waals surface area contributed by atoms with Gasteiger partial charge in [0.1, 0.15) is 5.60 Å². The Kier molecular flexibility index (Phi) is 5.14. The van der Waals surface area contributed by atoms with Crippen LogP contribution in [0.5, 0.6) is 0 Å². The van der Waals surface area contributed by atoms with Crippen molar-refractivity contribution in [1.29, 1.82) is 0 Å². The normalized spacial score (nSPS) is 20.4. The molecule has 1 aliphatic rings. The molecule has 1 fully saturated rings. The number of ether oxygens (including phenoxy) is 2. The van der Waals surface area contributed by atoms with Crippen molar-refractivity contribution in [3.63, 3.8) is 0 Å². The standard InChI is InChI=1S/C14H23NO5/c1-9(11(16)12(17)19-5)10-7-6-8-15(10)13(18)20-14(2,3)4/h9-10H,6-8H2,1-5H3. The van der Waals surface area contributed by atoms with E-state index in [0.717, 1.165) is 6.42 Å². The maximum Gasteiger partial charge on any atom is 0.410 e. The van der Waals surface area contributed by atoms with Crippen molar-refractivity contribution in [3.8, 4) is 0 Å². The lowest BCUT2D eigenvalue weighted by Crippen LogP contribution is -2.45. The Labute approximate surface area is 119 Å². The summed E-state index contributed by atoms with van der Waals surface area (Å²) in [5.41, 5.74) is -0.584. The summed E-state index contributed by atoms with van der Waals surface area (Å²) in [6.45, 7) is 7.56. The number of likely N-dealkylation sites (tertiary alicyclic amines) is 1. The quantitative estimate of drug-likeness (QED) is 0.583. The van der Waals surface area contributed by atoms with Crippen LogP contribution in [0.25, 0.3) is 0 Å². The molecule has 20 heavy (non-hydrogen) atoms. The number of nitrogens with zero attached hydrogens (tertiary/aromatic N) is 1. The summed E-state index contributed by atoms with van der Waals surface area (Å²) in [4.78, 5) is 36.8. The molecular formula is C14H23NO5. The molecule has 0 aromatic carbocycles. The van der Waals surface area contributed by atoms with Crippen LogP contribution in [0.3, 0.4) is 0 Å². The van der Waals surface area contributed by atoms with Gasteiger partial charge in [-0.3, -0.25) is 4.79 Å². The van der Waals surface area contributed by atoms with Crippen LogP contribution in [0.15, 0.2) is 0 Å². The summed E-state index contributed by atoms with van der Waals surface area (Å²) >= 11 is 0. The van der Waals surface area contributed by atoms with E-state index in [9.17, 15) is 14.4 Å². The minimum Gasteiger partial charge on any atom is -0.463 e. The smallest absolute Gasteiger partial charge is 0.410 e. The number of rotatable bonds is 3. The number of carbonyl (C=O) groups is 3. The number of carbonyl (C=O) groups excluding carboxylic acids is 3. The predicted molar refractivity (Wildman–Crippen MR) is 72.1 cm³/mol. The molecule has 1 heterocycles. The van der Waals surface area contributed by atoms with Gasteiger partial charge in [0.15, 0.2) is 0 Å². The summed E-state index contributed by atoms with van der Waals surface area (Å²) in [6, 6.07) is -0.309. The van der Waals surface area contributed by atoms with Gasteiger partial charge in [0.2, 0.25) is 5.78 Å².